The molecule has 1 aromatic rings. The minimum atomic E-state index is 0.0833. The largest absolute Gasteiger partial charge is 0.323 e. The predicted octanol–water partition coefficient (Wildman–Crippen LogP) is 3.49. The van der Waals surface area contributed by atoms with Gasteiger partial charge in [0.05, 0.1) is 11.9 Å². The van der Waals surface area contributed by atoms with Crippen LogP contribution in [0.25, 0.3) is 0 Å². The third-order valence-electron chi connectivity index (χ3n) is 2.79. The van der Waals surface area contributed by atoms with E-state index in [1.165, 1.54) is 32.1 Å². The molecule has 0 bridgehead atoms. The van der Waals surface area contributed by atoms with Crippen LogP contribution >= 0.6 is 0 Å². The monoisotopic (exact) mass is 237 g/mol. The van der Waals surface area contributed by atoms with Gasteiger partial charge in [0.25, 0.3) is 0 Å². The molecule has 1 heterocycles. The number of nitrogens with zero attached hydrogens (tertiary/aromatic N) is 1. The standard InChI is InChI=1S/C13H23N3O/c1-2-3-4-5-6-7-8-9-13(17)16-12-10-14-15-11-12/h10-11H,2-9H2,1H3,(H,14,15)(H,16,17). The maximum atomic E-state index is 11.5. The smallest absolute Gasteiger partial charge is 0.224 e. The highest BCUT2D eigenvalue weighted by Crippen LogP contribution is 2.09. The Morgan fingerprint density at radius 2 is 1.94 bits per heavy atom. The summed E-state index contributed by atoms with van der Waals surface area (Å²) >= 11 is 0. The first kappa shape index (κ1) is 13.7. The summed E-state index contributed by atoms with van der Waals surface area (Å²) in [5.41, 5.74) is 0.748. The first-order valence-electron chi connectivity index (χ1n) is 6.61. The summed E-state index contributed by atoms with van der Waals surface area (Å²) in [6.07, 6.45) is 12.5. The Balaban J connectivity index is 1.94. The van der Waals surface area contributed by atoms with Crippen LogP contribution in [0.3, 0.4) is 0 Å². The molecule has 0 saturated carbocycles. The molecule has 4 nitrogen and oxygen atoms in total. The number of hydrogen-bond donors (Lipinski definition) is 2. The molecule has 2 N–H and O–H groups in total. The Kier molecular flexibility index (Phi) is 7.11. The molecule has 0 atom stereocenters. The Morgan fingerprint density at radius 3 is 2.59 bits per heavy atom. The van der Waals surface area contributed by atoms with Gasteiger partial charge in [-0.1, -0.05) is 45.4 Å². The van der Waals surface area contributed by atoms with Gasteiger partial charge < -0.3 is 5.32 Å². The van der Waals surface area contributed by atoms with Crippen molar-refractivity contribution in [3.05, 3.63) is 12.4 Å². The summed E-state index contributed by atoms with van der Waals surface area (Å²) in [4.78, 5) is 11.5. The van der Waals surface area contributed by atoms with Crippen molar-refractivity contribution < 1.29 is 4.79 Å². The summed E-state index contributed by atoms with van der Waals surface area (Å²) in [6, 6.07) is 0. The first-order valence-corrected chi connectivity index (χ1v) is 6.61. The SMILES string of the molecule is CCCCCCCCCC(=O)Nc1cn[nH]c1. The number of H-pyrrole nitrogens is 1. The normalized spacial score (nSPS) is 10.4. The second-order valence-corrected chi connectivity index (χ2v) is 4.41. The van der Waals surface area contributed by atoms with Gasteiger partial charge in [-0.2, -0.15) is 5.10 Å². The van der Waals surface area contributed by atoms with Crippen molar-refractivity contribution >= 4 is 11.6 Å². The van der Waals surface area contributed by atoms with Crippen molar-refractivity contribution in [2.45, 2.75) is 58.3 Å². The third-order valence-corrected chi connectivity index (χ3v) is 2.79. The molecule has 1 rings (SSSR count). The zero-order chi connectivity index (χ0) is 12.3. The van der Waals surface area contributed by atoms with Gasteiger partial charge in [-0.25, -0.2) is 0 Å². The Labute approximate surface area is 103 Å². The lowest BCUT2D eigenvalue weighted by molar-refractivity contribution is -0.116. The van der Waals surface area contributed by atoms with E-state index in [9.17, 15) is 4.79 Å². The zero-order valence-electron chi connectivity index (χ0n) is 10.7. The van der Waals surface area contributed by atoms with Crippen LogP contribution in [0.4, 0.5) is 5.69 Å². The van der Waals surface area contributed by atoms with Gasteiger partial charge in [0.15, 0.2) is 0 Å². The fourth-order valence-corrected chi connectivity index (χ4v) is 1.79. The molecule has 0 spiro atoms. The molecule has 0 unspecified atom stereocenters. The fraction of sp³-hybridized carbons (Fsp3) is 0.692. The van der Waals surface area contributed by atoms with E-state index >= 15 is 0 Å². The van der Waals surface area contributed by atoms with E-state index in [0.717, 1.165) is 18.5 Å². The quantitative estimate of drug-likeness (QED) is 0.646. The van der Waals surface area contributed by atoms with Gasteiger partial charge >= 0.3 is 0 Å². The second-order valence-electron chi connectivity index (χ2n) is 4.41. The molecule has 1 aromatic heterocycles. The number of nitrogens with one attached hydrogen (secondary N) is 2. The number of carbonyl (C=O) groups is 1. The minimum Gasteiger partial charge on any atom is -0.323 e. The highest BCUT2D eigenvalue weighted by molar-refractivity contribution is 5.90. The van der Waals surface area contributed by atoms with Crippen molar-refractivity contribution in [1.82, 2.24) is 10.2 Å². The molecule has 17 heavy (non-hydrogen) atoms. The van der Waals surface area contributed by atoms with E-state index in [4.69, 9.17) is 0 Å². The molecular formula is C13H23N3O. The fourth-order valence-electron chi connectivity index (χ4n) is 1.79. The van der Waals surface area contributed by atoms with E-state index < -0.39 is 0 Å². The molecule has 0 fully saturated rings. The molecule has 0 saturated heterocycles. The molecule has 0 aliphatic heterocycles. The first-order chi connectivity index (χ1) is 8.33. The molecule has 4 heteroatoms. The molecule has 96 valence electrons. The van der Waals surface area contributed by atoms with Crippen LogP contribution in [0.15, 0.2) is 12.4 Å². The lowest BCUT2D eigenvalue weighted by Crippen LogP contribution is -2.10. The van der Waals surface area contributed by atoms with Crippen LogP contribution in [0.5, 0.6) is 0 Å². The molecule has 0 aliphatic rings. The summed E-state index contributed by atoms with van der Waals surface area (Å²) < 4.78 is 0. The van der Waals surface area contributed by atoms with E-state index in [0.29, 0.717) is 6.42 Å². The minimum absolute atomic E-state index is 0.0833. The average Bonchev–Trinajstić information content (AvgIpc) is 2.80. The van der Waals surface area contributed by atoms with Gasteiger partial charge in [0.2, 0.25) is 5.91 Å². The number of hydrogen-bond acceptors (Lipinski definition) is 2. The Morgan fingerprint density at radius 1 is 1.24 bits per heavy atom. The van der Waals surface area contributed by atoms with Gasteiger partial charge in [0, 0.05) is 12.6 Å². The summed E-state index contributed by atoms with van der Waals surface area (Å²) in [5.74, 6) is 0.0833. The number of aromatic amines is 1. The summed E-state index contributed by atoms with van der Waals surface area (Å²) in [6.45, 7) is 2.22. The van der Waals surface area contributed by atoms with Crippen LogP contribution in [0.1, 0.15) is 58.3 Å². The van der Waals surface area contributed by atoms with Crippen LogP contribution in [-0.4, -0.2) is 16.1 Å². The lowest BCUT2D eigenvalue weighted by atomic mass is 10.1. The zero-order valence-corrected chi connectivity index (χ0v) is 10.7. The van der Waals surface area contributed by atoms with Gasteiger partial charge in [-0.05, 0) is 6.42 Å². The van der Waals surface area contributed by atoms with Crippen molar-refractivity contribution in [2.24, 2.45) is 0 Å². The van der Waals surface area contributed by atoms with E-state index in [2.05, 4.69) is 22.4 Å². The molecular weight excluding hydrogens is 214 g/mol. The van der Waals surface area contributed by atoms with Crippen molar-refractivity contribution in [1.29, 1.82) is 0 Å². The van der Waals surface area contributed by atoms with Gasteiger partial charge in [-0.15, -0.1) is 0 Å². The number of amides is 1. The van der Waals surface area contributed by atoms with E-state index in [-0.39, 0.29) is 5.91 Å². The topological polar surface area (TPSA) is 57.8 Å². The number of carbonyl (C=O) groups excluding carboxylic acids is 1. The number of rotatable bonds is 9. The molecule has 0 radical (unpaired) electrons. The van der Waals surface area contributed by atoms with E-state index in [1.54, 1.807) is 12.4 Å². The number of unbranched alkanes of at least 4 members (excludes halogenated alkanes) is 6. The third kappa shape index (κ3) is 6.76. The van der Waals surface area contributed by atoms with Crippen LogP contribution in [0, 0.1) is 0 Å². The van der Waals surface area contributed by atoms with Crippen molar-refractivity contribution in [2.75, 3.05) is 5.32 Å². The maximum Gasteiger partial charge on any atom is 0.224 e. The van der Waals surface area contributed by atoms with E-state index in [1.807, 2.05) is 0 Å². The highest BCUT2D eigenvalue weighted by atomic mass is 16.1. The summed E-state index contributed by atoms with van der Waals surface area (Å²) in [5, 5.41) is 9.24. The van der Waals surface area contributed by atoms with Crippen molar-refractivity contribution in [3.63, 3.8) is 0 Å². The number of anilines is 1. The highest BCUT2D eigenvalue weighted by Gasteiger charge is 2.02. The Hall–Kier alpha value is -1.32. The summed E-state index contributed by atoms with van der Waals surface area (Å²) in [7, 11) is 0. The second kappa shape index (κ2) is 8.79. The van der Waals surface area contributed by atoms with Gasteiger partial charge in [0.1, 0.15) is 0 Å². The van der Waals surface area contributed by atoms with Crippen LogP contribution < -0.4 is 5.32 Å². The number of aromatic nitrogens is 2. The molecule has 0 aromatic carbocycles. The predicted molar refractivity (Wildman–Crippen MR) is 69.8 cm³/mol. The lowest BCUT2D eigenvalue weighted by Gasteiger charge is -2.02. The molecule has 1 amide bonds. The average molecular weight is 237 g/mol. The van der Waals surface area contributed by atoms with Crippen LogP contribution in [-0.2, 0) is 4.79 Å². The van der Waals surface area contributed by atoms with Crippen molar-refractivity contribution in [3.8, 4) is 0 Å². The Bertz CT molecular complexity index is 296. The maximum absolute atomic E-state index is 11.5. The van der Waals surface area contributed by atoms with Crippen LogP contribution in [0.2, 0.25) is 0 Å². The molecule has 0 aliphatic carbocycles. The van der Waals surface area contributed by atoms with Gasteiger partial charge in [-0.3, -0.25) is 9.89 Å².